The van der Waals surface area contributed by atoms with Crippen LogP contribution in [0.5, 0.6) is 0 Å². The molecule has 0 spiro atoms. The van der Waals surface area contributed by atoms with Gasteiger partial charge in [-0.2, -0.15) is 0 Å². The Balaban J connectivity index is 2.12. The molecule has 1 saturated heterocycles. The molecule has 92 valence electrons. The van der Waals surface area contributed by atoms with E-state index in [4.69, 9.17) is 4.74 Å². The largest absolute Gasteiger partial charge is 0.367 e. The number of hydrogen-bond donors (Lipinski definition) is 0. The molecule has 1 aromatic carbocycles. The molecule has 0 radical (unpaired) electrons. The number of Topliss-reactive ketones (excluding diaryl/α,β-unsaturated/α-hetero) is 1. The SMILES string of the molecule is CC1(C(=O)c2cncc3ccccc23)CCCO1. The predicted molar refractivity (Wildman–Crippen MR) is 69.7 cm³/mol. The Morgan fingerprint density at radius 3 is 2.94 bits per heavy atom. The molecule has 1 aliphatic heterocycles. The molecule has 0 bridgehead atoms. The van der Waals surface area contributed by atoms with Crippen molar-refractivity contribution in [2.75, 3.05) is 6.61 Å². The summed E-state index contributed by atoms with van der Waals surface area (Å²) in [5, 5.41) is 1.94. The number of carbonyl (C=O) groups excluding carboxylic acids is 1. The number of fused-ring (bicyclic) bond motifs is 1. The maximum atomic E-state index is 12.6. The van der Waals surface area contributed by atoms with Crippen LogP contribution < -0.4 is 0 Å². The standard InChI is InChI=1S/C15H15NO2/c1-15(7-4-8-18-15)14(17)13-10-16-9-11-5-2-3-6-12(11)13/h2-3,5-6,9-10H,4,7-8H2,1H3. The van der Waals surface area contributed by atoms with Crippen LogP contribution in [0.2, 0.25) is 0 Å². The molecular formula is C15H15NO2. The summed E-state index contributed by atoms with van der Waals surface area (Å²) in [6, 6.07) is 7.82. The third kappa shape index (κ3) is 1.71. The summed E-state index contributed by atoms with van der Waals surface area (Å²) >= 11 is 0. The molecule has 0 amide bonds. The number of benzene rings is 1. The average molecular weight is 241 g/mol. The van der Waals surface area contributed by atoms with Gasteiger partial charge in [0.25, 0.3) is 0 Å². The molecule has 2 heterocycles. The molecule has 3 nitrogen and oxygen atoms in total. The van der Waals surface area contributed by atoms with Gasteiger partial charge < -0.3 is 4.74 Å². The number of ether oxygens (including phenoxy) is 1. The minimum absolute atomic E-state index is 0.0456. The van der Waals surface area contributed by atoms with Crippen molar-refractivity contribution in [2.45, 2.75) is 25.4 Å². The Hall–Kier alpha value is -1.74. The Morgan fingerprint density at radius 1 is 1.33 bits per heavy atom. The lowest BCUT2D eigenvalue weighted by Crippen LogP contribution is -2.34. The highest BCUT2D eigenvalue weighted by Crippen LogP contribution is 2.31. The highest BCUT2D eigenvalue weighted by Gasteiger charge is 2.38. The number of ketones is 1. The van der Waals surface area contributed by atoms with Crippen LogP contribution in [0.15, 0.2) is 36.7 Å². The van der Waals surface area contributed by atoms with Gasteiger partial charge in [-0.1, -0.05) is 24.3 Å². The predicted octanol–water partition coefficient (Wildman–Crippen LogP) is 2.99. The molecule has 0 N–H and O–H groups in total. The first kappa shape index (κ1) is 11.4. The Kier molecular flexibility index (Phi) is 2.63. The summed E-state index contributed by atoms with van der Waals surface area (Å²) in [5.41, 5.74) is -0.0104. The molecule has 3 heteroatoms. The molecule has 2 aromatic rings. The zero-order valence-electron chi connectivity index (χ0n) is 10.3. The molecular weight excluding hydrogens is 226 g/mol. The monoisotopic (exact) mass is 241 g/mol. The molecule has 1 fully saturated rings. The van der Waals surface area contributed by atoms with Gasteiger partial charge in [0.05, 0.1) is 0 Å². The topological polar surface area (TPSA) is 39.2 Å². The van der Waals surface area contributed by atoms with Gasteiger partial charge >= 0.3 is 0 Å². The van der Waals surface area contributed by atoms with Crippen molar-refractivity contribution < 1.29 is 9.53 Å². The lowest BCUT2D eigenvalue weighted by Gasteiger charge is -2.21. The van der Waals surface area contributed by atoms with Crippen LogP contribution in [-0.2, 0) is 4.74 Å². The van der Waals surface area contributed by atoms with E-state index in [9.17, 15) is 4.79 Å². The fourth-order valence-electron chi connectivity index (χ4n) is 2.54. The van der Waals surface area contributed by atoms with E-state index in [1.165, 1.54) is 0 Å². The number of aromatic nitrogens is 1. The number of nitrogens with zero attached hydrogens (tertiary/aromatic N) is 1. The van der Waals surface area contributed by atoms with Crippen molar-refractivity contribution in [3.63, 3.8) is 0 Å². The lowest BCUT2D eigenvalue weighted by atomic mass is 9.90. The van der Waals surface area contributed by atoms with E-state index >= 15 is 0 Å². The van der Waals surface area contributed by atoms with Crippen LogP contribution in [0.1, 0.15) is 30.1 Å². The number of hydrogen-bond acceptors (Lipinski definition) is 3. The number of carbonyl (C=O) groups is 1. The molecule has 0 saturated carbocycles. The molecule has 1 atom stereocenters. The van der Waals surface area contributed by atoms with Crippen molar-refractivity contribution in [3.05, 3.63) is 42.2 Å². The number of rotatable bonds is 2. The Bertz CT molecular complexity index is 595. The van der Waals surface area contributed by atoms with E-state index in [1.807, 2.05) is 31.2 Å². The molecule has 1 aromatic heterocycles. The Labute approximate surface area is 106 Å². The van der Waals surface area contributed by atoms with Gasteiger partial charge in [-0.3, -0.25) is 9.78 Å². The van der Waals surface area contributed by atoms with Crippen LogP contribution in [0.25, 0.3) is 10.8 Å². The maximum Gasteiger partial charge on any atom is 0.196 e. The lowest BCUT2D eigenvalue weighted by molar-refractivity contribution is 0.0215. The van der Waals surface area contributed by atoms with Crippen LogP contribution in [0, 0.1) is 0 Å². The summed E-state index contributed by atoms with van der Waals surface area (Å²) in [4.78, 5) is 16.8. The van der Waals surface area contributed by atoms with Crippen molar-refractivity contribution in [3.8, 4) is 0 Å². The fraction of sp³-hybridized carbons (Fsp3) is 0.333. The van der Waals surface area contributed by atoms with E-state index in [1.54, 1.807) is 12.4 Å². The number of pyridine rings is 1. The second-order valence-corrected chi connectivity index (χ2v) is 4.92. The first-order valence-electron chi connectivity index (χ1n) is 6.22. The molecule has 3 rings (SSSR count). The third-order valence-electron chi connectivity index (χ3n) is 3.61. The molecule has 1 unspecified atom stereocenters. The summed E-state index contributed by atoms with van der Waals surface area (Å²) in [6.07, 6.45) is 5.16. The smallest absolute Gasteiger partial charge is 0.196 e. The van der Waals surface area contributed by atoms with Gasteiger partial charge in [-0.15, -0.1) is 0 Å². The van der Waals surface area contributed by atoms with Gasteiger partial charge in [-0.25, -0.2) is 0 Å². The van der Waals surface area contributed by atoms with Gasteiger partial charge in [0, 0.05) is 30.0 Å². The minimum Gasteiger partial charge on any atom is -0.367 e. The average Bonchev–Trinajstić information content (AvgIpc) is 2.85. The van der Waals surface area contributed by atoms with Crippen LogP contribution in [0.3, 0.4) is 0 Å². The highest BCUT2D eigenvalue weighted by molar-refractivity contribution is 6.11. The minimum atomic E-state index is -0.675. The van der Waals surface area contributed by atoms with Gasteiger partial charge in [0.15, 0.2) is 5.78 Å². The van der Waals surface area contributed by atoms with Crippen LogP contribution in [-0.4, -0.2) is 23.0 Å². The summed E-state index contributed by atoms with van der Waals surface area (Å²) in [7, 11) is 0. The van der Waals surface area contributed by atoms with E-state index in [-0.39, 0.29) is 5.78 Å². The molecule has 18 heavy (non-hydrogen) atoms. The van der Waals surface area contributed by atoms with Crippen molar-refractivity contribution in [1.82, 2.24) is 4.98 Å². The molecule has 0 aliphatic carbocycles. The van der Waals surface area contributed by atoms with E-state index in [2.05, 4.69) is 4.98 Å². The van der Waals surface area contributed by atoms with Crippen LogP contribution >= 0.6 is 0 Å². The fourth-order valence-corrected chi connectivity index (χ4v) is 2.54. The highest BCUT2D eigenvalue weighted by atomic mass is 16.5. The second-order valence-electron chi connectivity index (χ2n) is 4.92. The van der Waals surface area contributed by atoms with E-state index in [0.717, 1.165) is 23.6 Å². The molecule has 1 aliphatic rings. The first-order valence-corrected chi connectivity index (χ1v) is 6.22. The van der Waals surface area contributed by atoms with Gasteiger partial charge in [0.2, 0.25) is 0 Å². The van der Waals surface area contributed by atoms with Crippen LogP contribution in [0.4, 0.5) is 0 Å². The normalized spacial score (nSPS) is 23.4. The van der Waals surface area contributed by atoms with E-state index in [0.29, 0.717) is 12.2 Å². The Morgan fingerprint density at radius 2 is 2.17 bits per heavy atom. The second kappa shape index (κ2) is 4.18. The third-order valence-corrected chi connectivity index (χ3v) is 3.61. The first-order chi connectivity index (χ1) is 8.71. The zero-order chi connectivity index (χ0) is 12.6. The zero-order valence-corrected chi connectivity index (χ0v) is 10.3. The summed E-state index contributed by atoms with van der Waals surface area (Å²) in [5.74, 6) is 0.0456. The summed E-state index contributed by atoms with van der Waals surface area (Å²) < 4.78 is 5.63. The summed E-state index contributed by atoms with van der Waals surface area (Å²) in [6.45, 7) is 2.55. The van der Waals surface area contributed by atoms with Crippen molar-refractivity contribution >= 4 is 16.6 Å². The van der Waals surface area contributed by atoms with Crippen molar-refractivity contribution in [2.24, 2.45) is 0 Å². The van der Waals surface area contributed by atoms with Gasteiger partial charge in [-0.05, 0) is 25.2 Å². The quantitative estimate of drug-likeness (QED) is 0.759. The van der Waals surface area contributed by atoms with Gasteiger partial charge in [0.1, 0.15) is 5.60 Å². The van der Waals surface area contributed by atoms with E-state index < -0.39 is 5.60 Å². The maximum absolute atomic E-state index is 12.6. The van der Waals surface area contributed by atoms with Crippen molar-refractivity contribution in [1.29, 1.82) is 0 Å².